The SMILES string of the molecule is NCCNC(=O)c1ccc(OC[C@@H]2CNCC[C@H]2c2ccc(F)cc2)cc1. The Kier molecular flexibility index (Phi) is 6.79. The van der Waals surface area contributed by atoms with E-state index in [1.165, 1.54) is 12.1 Å². The normalized spacial score (nSPS) is 19.5. The van der Waals surface area contributed by atoms with E-state index in [0.717, 1.165) is 30.8 Å². The molecule has 3 rings (SSSR count). The van der Waals surface area contributed by atoms with E-state index in [0.29, 0.717) is 37.1 Å². The van der Waals surface area contributed by atoms with Gasteiger partial charge in [-0.25, -0.2) is 4.39 Å². The van der Waals surface area contributed by atoms with Crippen molar-refractivity contribution in [3.8, 4) is 5.75 Å². The van der Waals surface area contributed by atoms with E-state index in [2.05, 4.69) is 10.6 Å². The molecule has 0 aromatic heterocycles. The number of piperidine rings is 1. The van der Waals surface area contributed by atoms with Crippen molar-refractivity contribution in [1.29, 1.82) is 0 Å². The average Bonchev–Trinajstić information content (AvgIpc) is 2.72. The highest BCUT2D eigenvalue weighted by Gasteiger charge is 2.27. The zero-order chi connectivity index (χ0) is 19.1. The summed E-state index contributed by atoms with van der Waals surface area (Å²) in [4.78, 5) is 11.9. The maximum atomic E-state index is 13.2. The van der Waals surface area contributed by atoms with Gasteiger partial charge in [0.1, 0.15) is 11.6 Å². The number of halogens is 1. The van der Waals surface area contributed by atoms with Crippen LogP contribution in [0.3, 0.4) is 0 Å². The summed E-state index contributed by atoms with van der Waals surface area (Å²) in [5.74, 6) is 1.02. The monoisotopic (exact) mass is 371 g/mol. The molecule has 1 heterocycles. The molecule has 0 saturated carbocycles. The fourth-order valence-corrected chi connectivity index (χ4v) is 3.44. The van der Waals surface area contributed by atoms with Crippen molar-refractivity contribution < 1.29 is 13.9 Å². The van der Waals surface area contributed by atoms with Crippen molar-refractivity contribution in [2.75, 3.05) is 32.8 Å². The maximum Gasteiger partial charge on any atom is 0.251 e. The third-order valence-electron chi connectivity index (χ3n) is 4.92. The lowest BCUT2D eigenvalue weighted by atomic mass is 9.81. The van der Waals surface area contributed by atoms with Crippen LogP contribution in [0.5, 0.6) is 5.75 Å². The van der Waals surface area contributed by atoms with Gasteiger partial charge in [0.25, 0.3) is 5.91 Å². The predicted molar refractivity (Wildman–Crippen MR) is 103 cm³/mol. The second kappa shape index (κ2) is 9.48. The van der Waals surface area contributed by atoms with Gasteiger partial charge in [-0.2, -0.15) is 0 Å². The van der Waals surface area contributed by atoms with Crippen molar-refractivity contribution >= 4 is 5.91 Å². The average molecular weight is 371 g/mol. The lowest BCUT2D eigenvalue weighted by molar-refractivity contribution is 0.0954. The number of hydrogen-bond donors (Lipinski definition) is 3. The van der Waals surface area contributed by atoms with Crippen LogP contribution in [-0.4, -0.2) is 38.7 Å². The standard InChI is InChI=1S/C21H26FN3O2/c22-18-5-1-15(2-6-18)20-9-11-24-13-17(20)14-27-19-7-3-16(4-8-19)21(26)25-12-10-23/h1-8,17,20,24H,9-14,23H2,(H,25,26)/t17-,20-/m0/s1. The molecule has 0 bridgehead atoms. The van der Waals surface area contributed by atoms with Gasteiger partial charge in [0.05, 0.1) is 6.61 Å². The summed E-state index contributed by atoms with van der Waals surface area (Å²) >= 11 is 0. The Morgan fingerprint density at radius 2 is 1.93 bits per heavy atom. The van der Waals surface area contributed by atoms with E-state index in [1.54, 1.807) is 24.3 Å². The van der Waals surface area contributed by atoms with E-state index in [-0.39, 0.29) is 11.7 Å². The van der Waals surface area contributed by atoms with Gasteiger partial charge in [-0.05, 0) is 60.8 Å². The fourth-order valence-electron chi connectivity index (χ4n) is 3.44. The third-order valence-corrected chi connectivity index (χ3v) is 4.92. The summed E-state index contributed by atoms with van der Waals surface area (Å²) in [7, 11) is 0. The zero-order valence-electron chi connectivity index (χ0n) is 15.3. The van der Waals surface area contributed by atoms with Crippen LogP contribution in [0.1, 0.15) is 28.3 Å². The number of nitrogens with one attached hydrogen (secondary N) is 2. The van der Waals surface area contributed by atoms with Crippen molar-refractivity contribution in [3.05, 3.63) is 65.5 Å². The van der Waals surface area contributed by atoms with E-state index in [9.17, 15) is 9.18 Å². The molecule has 2 aromatic carbocycles. The van der Waals surface area contributed by atoms with Crippen molar-refractivity contribution in [3.63, 3.8) is 0 Å². The van der Waals surface area contributed by atoms with Crippen LogP contribution in [0, 0.1) is 11.7 Å². The zero-order valence-corrected chi connectivity index (χ0v) is 15.3. The lowest BCUT2D eigenvalue weighted by Crippen LogP contribution is -2.38. The summed E-state index contributed by atoms with van der Waals surface area (Å²) in [6.07, 6.45) is 1.000. The smallest absolute Gasteiger partial charge is 0.251 e. The van der Waals surface area contributed by atoms with E-state index in [1.807, 2.05) is 12.1 Å². The van der Waals surface area contributed by atoms with Crippen molar-refractivity contribution in [1.82, 2.24) is 10.6 Å². The largest absolute Gasteiger partial charge is 0.493 e. The molecule has 1 amide bonds. The summed E-state index contributed by atoms with van der Waals surface area (Å²) in [6.45, 7) is 3.24. The molecular weight excluding hydrogens is 345 g/mol. The Hall–Kier alpha value is -2.44. The van der Waals surface area contributed by atoms with Crippen LogP contribution >= 0.6 is 0 Å². The molecule has 5 nitrogen and oxygen atoms in total. The molecule has 1 aliphatic rings. The number of carbonyl (C=O) groups excluding carboxylic acids is 1. The Morgan fingerprint density at radius 1 is 1.19 bits per heavy atom. The number of nitrogens with two attached hydrogens (primary N) is 1. The summed E-state index contributed by atoms with van der Waals surface area (Å²) < 4.78 is 19.2. The first-order valence-electron chi connectivity index (χ1n) is 9.34. The van der Waals surface area contributed by atoms with E-state index in [4.69, 9.17) is 10.5 Å². The number of benzene rings is 2. The molecule has 4 N–H and O–H groups in total. The number of carbonyl (C=O) groups is 1. The van der Waals surface area contributed by atoms with Gasteiger partial charge in [0.2, 0.25) is 0 Å². The van der Waals surface area contributed by atoms with Gasteiger partial charge in [-0.1, -0.05) is 12.1 Å². The third kappa shape index (κ3) is 5.28. The molecule has 27 heavy (non-hydrogen) atoms. The molecule has 0 radical (unpaired) electrons. The molecule has 2 atom stereocenters. The topological polar surface area (TPSA) is 76.4 Å². The molecule has 2 aromatic rings. The van der Waals surface area contributed by atoms with Crippen LogP contribution in [0.4, 0.5) is 4.39 Å². The molecule has 0 unspecified atom stereocenters. The van der Waals surface area contributed by atoms with Crippen LogP contribution in [-0.2, 0) is 0 Å². The van der Waals surface area contributed by atoms with E-state index >= 15 is 0 Å². The molecule has 0 spiro atoms. The van der Waals surface area contributed by atoms with Gasteiger partial charge in [-0.3, -0.25) is 4.79 Å². The first-order chi connectivity index (χ1) is 13.2. The van der Waals surface area contributed by atoms with E-state index < -0.39 is 0 Å². The highest BCUT2D eigenvalue weighted by Crippen LogP contribution is 2.31. The molecule has 144 valence electrons. The molecule has 0 aliphatic carbocycles. The lowest BCUT2D eigenvalue weighted by Gasteiger charge is -2.32. The number of ether oxygens (including phenoxy) is 1. The highest BCUT2D eigenvalue weighted by molar-refractivity contribution is 5.94. The van der Waals surface area contributed by atoms with Crippen molar-refractivity contribution in [2.45, 2.75) is 12.3 Å². The fraction of sp³-hybridized carbons (Fsp3) is 0.381. The predicted octanol–water partition coefficient (Wildman–Crippen LogP) is 2.29. The summed E-state index contributed by atoms with van der Waals surface area (Å²) in [5, 5.41) is 6.15. The van der Waals surface area contributed by atoms with Crippen molar-refractivity contribution in [2.24, 2.45) is 11.7 Å². The summed E-state index contributed by atoms with van der Waals surface area (Å²) in [6, 6.07) is 13.9. The Morgan fingerprint density at radius 3 is 2.63 bits per heavy atom. The van der Waals surface area contributed by atoms with Crippen LogP contribution < -0.4 is 21.1 Å². The number of hydrogen-bond acceptors (Lipinski definition) is 4. The van der Waals surface area contributed by atoms with Crippen LogP contribution in [0.2, 0.25) is 0 Å². The first kappa shape index (κ1) is 19.3. The molecular formula is C21H26FN3O2. The highest BCUT2D eigenvalue weighted by atomic mass is 19.1. The Balaban J connectivity index is 1.59. The van der Waals surface area contributed by atoms with Gasteiger partial charge in [0, 0.05) is 31.1 Å². The minimum Gasteiger partial charge on any atom is -0.493 e. The molecule has 6 heteroatoms. The second-order valence-corrected chi connectivity index (χ2v) is 6.79. The minimum absolute atomic E-state index is 0.139. The Labute approximate surface area is 159 Å². The van der Waals surface area contributed by atoms with Crippen LogP contribution in [0.25, 0.3) is 0 Å². The minimum atomic E-state index is -0.212. The quantitative estimate of drug-likeness (QED) is 0.698. The molecule has 1 aliphatic heterocycles. The van der Waals surface area contributed by atoms with Gasteiger partial charge in [0.15, 0.2) is 0 Å². The molecule has 1 fully saturated rings. The maximum absolute atomic E-state index is 13.2. The Bertz CT molecular complexity index is 734. The van der Waals surface area contributed by atoms with Gasteiger partial charge < -0.3 is 21.1 Å². The number of amides is 1. The second-order valence-electron chi connectivity index (χ2n) is 6.79. The van der Waals surface area contributed by atoms with Crippen LogP contribution in [0.15, 0.2) is 48.5 Å². The first-order valence-corrected chi connectivity index (χ1v) is 9.34. The number of rotatable bonds is 7. The summed E-state index contributed by atoms with van der Waals surface area (Å²) in [5.41, 5.74) is 7.13. The van der Waals surface area contributed by atoms with Gasteiger partial charge >= 0.3 is 0 Å². The molecule has 1 saturated heterocycles. The van der Waals surface area contributed by atoms with Gasteiger partial charge in [-0.15, -0.1) is 0 Å².